The second-order valence-corrected chi connectivity index (χ2v) is 4.99. The van der Waals surface area contributed by atoms with E-state index in [4.69, 9.17) is 4.42 Å². The van der Waals surface area contributed by atoms with Crippen LogP contribution in [0.25, 0.3) is 0 Å². The fourth-order valence-electron chi connectivity index (χ4n) is 1.41. The molecule has 1 atom stereocenters. The number of benzene rings is 1. The van der Waals surface area contributed by atoms with Crippen LogP contribution < -0.4 is 0 Å². The van der Waals surface area contributed by atoms with E-state index in [0.717, 1.165) is 16.3 Å². The van der Waals surface area contributed by atoms with E-state index in [0.29, 0.717) is 5.92 Å². The quantitative estimate of drug-likeness (QED) is 0.617. The second-order valence-electron chi connectivity index (χ2n) is 3.37. The summed E-state index contributed by atoms with van der Waals surface area (Å²) in [5, 5.41) is 1.69. The maximum atomic E-state index is 5.20. The van der Waals surface area contributed by atoms with Crippen molar-refractivity contribution >= 4 is 27.7 Å². The molecular weight excluding hydrogens is 286 g/mol. The Labute approximate surface area is 108 Å². The summed E-state index contributed by atoms with van der Waals surface area (Å²) in [6, 6.07) is 10.5. The Morgan fingerprint density at radius 2 is 2.12 bits per heavy atom. The molecule has 1 aromatic carbocycles. The van der Waals surface area contributed by atoms with E-state index in [2.05, 4.69) is 45.2 Å². The normalized spacial score (nSPS) is 12.6. The van der Waals surface area contributed by atoms with E-state index in [1.165, 1.54) is 5.56 Å². The number of nitrogens with zero attached hydrogens (tertiary/aromatic N) is 1. The summed E-state index contributed by atoms with van der Waals surface area (Å²) in [6.07, 6.45) is 3.28. The SMILES string of the molecule is BrCC(CSc1ncco1)c1ccccc1. The van der Waals surface area contributed by atoms with Gasteiger partial charge in [-0.3, -0.25) is 0 Å². The first kappa shape index (κ1) is 11.7. The number of halogens is 1. The molecule has 2 nitrogen and oxygen atoms in total. The molecule has 0 aliphatic heterocycles. The molecule has 2 aromatic rings. The number of thioether (sulfide) groups is 1. The molecule has 16 heavy (non-hydrogen) atoms. The predicted molar refractivity (Wildman–Crippen MR) is 70.2 cm³/mol. The Kier molecular flexibility index (Phi) is 4.48. The fraction of sp³-hybridized carbons (Fsp3) is 0.250. The third-order valence-electron chi connectivity index (χ3n) is 2.27. The van der Waals surface area contributed by atoms with E-state index >= 15 is 0 Å². The van der Waals surface area contributed by atoms with E-state index in [-0.39, 0.29) is 0 Å². The van der Waals surface area contributed by atoms with Gasteiger partial charge in [0, 0.05) is 17.0 Å². The molecule has 0 radical (unpaired) electrons. The fourth-order valence-corrected chi connectivity index (χ4v) is 3.23. The predicted octanol–water partition coefficient (Wildman–Crippen LogP) is 3.95. The van der Waals surface area contributed by atoms with Gasteiger partial charge in [0.15, 0.2) is 0 Å². The molecule has 0 aliphatic rings. The summed E-state index contributed by atoms with van der Waals surface area (Å²) in [5.41, 5.74) is 1.35. The molecule has 1 unspecified atom stereocenters. The topological polar surface area (TPSA) is 26.0 Å². The van der Waals surface area contributed by atoms with Gasteiger partial charge in [0.25, 0.3) is 5.22 Å². The molecule has 2 rings (SSSR count). The molecule has 0 N–H and O–H groups in total. The Bertz CT molecular complexity index is 404. The molecule has 84 valence electrons. The lowest BCUT2D eigenvalue weighted by atomic mass is 10.0. The van der Waals surface area contributed by atoms with Gasteiger partial charge >= 0.3 is 0 Å². The molecule has 0 fully saturated rings. The minimum Gasteiger partial charge on any atom is -0.440 e. The van der Waals surface area contributed by atoms with Crippen LogP contribution in [0, 0.1) is 0 Å². The zero-order valence-electron chi connectivity index (χ0n) is 8.67. The van der Waals surface area contributed by atoms with Crippen molar-refractivity contribution in [3.05, 3.63) is 48.4 Å². The van der Waals surface area contributed by atoms with Gasteiger partial charge in [-0.1, -0.05) is 58.0 Å². The minimum atomic E-state index is 0.484. The van der Waals surface area contributed by atoms with Crippen LogP contribution in [-0.2, 0) is 0 Å². The van der Waals surface area contributed by atoms with Crippen molar-refractivity contribution < 1.29 is 4.42 Å². The van der Waals surface area contributed by atoms with Crippen molar-refractivity contribution in [3.63, 3.8) is 0 Å². The molecule has 4 heteroatoms. The van der Waals surface area contributed by atoms with Crippen LogP contribution in [0.4, 0.5) is 0 Å². The first-order valence-electron chi connectivity index (χ1n) is 5.03. The van der Waals surface area contributed by atoms with Crippen LogP contribution in [0.5, 0.6) is 0 Å². The molecule has 0 saturated carbocycles. The van der Waals surface area contributed by atoms with Gasteiger partial charge in [0.2, 0.25) is 0 Å². The third kappa shape index (κ3) is 3.12. The number of hydrogen-bond acceptors (Lipinski definition) is 3. The Balaban J connectivity index is 1.96. The van der Waals surface area contributed by atoms with E-state index in [9.17, 15) is 0 Å². The largest absolute Gasteiger partial charge is 0.440 e. The van der Waals surface area contributed by atoms with Gasteiger partial charge in [0.1, 0.15) is 6.26 Å². The highest BCUT2D eigenvalue weighted by atomic mass is 79.9. The third-order valence-corrected chi connectivity index (χ3v) is 4.07. The monoisotopic (exact) mass is 297 g/mol. The van der Waals surface area contributed by atoms with Crippen molar-refractivity contribution in [2.45, 2.75) is 11.1 Å². The van der Waals surface area contributed by atoms with Crippen molar-refractivity contribution in [1.82, 2.24) is 4.98 Å². The number of hydrogen-bond donors (Lipinski definition) is 0. The van der Waals surface area contributed by atoms with Crippen molar-refractivity contribution in [3.8, 4) is 0 Å². The summed E-state index contributed by atoms with van der Waals surface area (Å²) >= 11 is 5.20. The van der Waals surface area contributed by atoms with Gasteiger partial charge in [-0.15, -0.1) is 0 Å². The Morgan fingerprint density at radius 1 is 1.31 bits per heavy atom. The highest BCUT2D eigenvalue weighted by molar-refractivity contribution is 9.09. The standard InChI is InChI=1S/C12H12BrNOS/c13-8-11(10-4-2-1-3-5-10)9-16-12-14-6-7-15-12/h1-7,11H,8-9H2. The Hall–Kier alpha value is -0.740. The van der Waals surface area contributed by atoms with E-state index in [1.807, 2.05) is 6.07 Å². The van der Waals surface area contributed by atoms with E-state index in [1.54, 1.807) is 24.2 Å². The Morgan fingerprint density at radius 3 is 2.75 bits per heavy atom. The zero-order valence-corrected chi connectivity index (χ0v) is 11.1. The second kappa shape index (κ2) is 6.11. The van der Waals surface area contributed by atoms with Gasteiger partial charge < -0.3 is 4.42 Å². The molecular formula is C12H12BrNOS. The number of rotatable bonds is 5. The van der Waals surface area contributed by atoms with Crippen LogP contribution in [-0.4, -0.2) is 16.1 Å². The van der Waals surface area contributed by atoms with Gasteiger partial charge in [-0.2, -0.15) is 0 Å². The van der Waals surface area contributed by atoms with Gasteiger partial charge in [-0.25, -0.2) is 4.98 Å². The zero-order chi connectivity index (χ0) is 11.2. The minimum absolute atomic E-state index is 0.484. The molecule has 0 spiro atoms. The van der Waals surface area contributed by atoms with Crippen LogP contribution in [0.1, 0.15) is 11.5 Å². The van der Waals surface area contributed by atoms with Crippen LogP contribution in [0.2, 0.25) is 0 Å². The lowest BCUT2D eigenvalue weighted by Crippen LogP contribution is -2.03. The lowest BCUT2D eigenvalue weighted by molar-refractivity contribution is 0.454. The van der Waals surface area contributed by atoms with Crippen LogP contribution in [0.15, 0.2) is 52.4 Å². The first-order valence-corrected chi connectivity index (χ1v) is 7.14. The molecule has 0 saturated heterocycles. The lowest BCUT2D eigenvalue weighted by Gasteiger charge is -2.12. The van der Waals surface area contributed by atoms with E-state index < -0.39 is 0 Å². The first-order chi connectivity index (χ1) is 7.90. The number of aromatic nitrogens is 1. The summed E-state index contributed by atoms with van der Waals surface area (Å²) in [5.74, 6) is 1.45. The summed E-state index contributed by atoms with van der Waals surface area (Å²) in [7, 11) is 0. The summed E-state index contributed by atoms with van der Waals surface area (Å²) in [4.78, 5) is 4.10. The molecule has 1 heterocycles. The van der Waals surface area contributed by atoms with Gasteiger partial charge in [-0.05, 0) is 5.56 Å². The molecule has 0 bridgehead atoms. The summed E-state index contributed by atoms with van der Waals surface area (Å²) in [6.45, 7) is 0. The van der Waals surface area contributed by atoms with Crippen molar-refractivity contribution in [2.24, 2.45) is 0 Å². The maximum absolute atomic E-state index is 5.20. The summed E-state index contributed by atoms with van der Waals surface area (Å²) < 4.78 is 5.20. The average Bonchev–Trinajstić information content (AvgIpc) is 2.84. The molecule has 0 aliphatic carbocycles. The van der Waals surface area contributed by atoms with Gasteiger partial charge in [0.05, 0.1) is 6.20 Å². The van der Waals surface area contributed by atoms with Crippen molar-refractivity contribution in [2.75, 3.05) is 11.1 Å². The average molecular weight is 298 g/mol. The highest BCUT2D eigenvalue weighted by Gasteiger charge is 2.11. The van der Waals surface area contributed by atoms with Crippen LogP contribution in [0.3, 0.4) is 0 Å². The maximum Gasteiger partial charge on any atom is 0.255 e. The number of oxazole rings is 1. The number of alkyl halides is 1. The van der Waals surface area contributed by atoms with Crippen LogP contribution >= 0.6 is 27.7 Å². The smallest absolute Gasteiger partial charge is 0.255 e. The van der Waals surface area contributed by atoms with Crippen molar-refractivity contribution in [1.29, 1.82) is 0 Å². The highest BCUT2D eigenvalue weighted by Crippen LogP contribution is 2.26. The molecule has 1 aromatic heterocycles. The molecule has 0 amide bonds.